The standard InChI is InChI=1S/C12H11Cl2NO2/c13-8-6-10(14)9-3-5-15(11(9)7-8)4-1-2-12(16)17/h3,5-7H,1-2,4H2,(H,16,17). The highest BCUT2D eigenvalue weighted by molar-refractivity contribution is 6.38. The Hall–Kier alpha value is -1.19. The van der Waals surface area contributed by atoms with Gasteiger partial charge < -0.3 is 9.67 Å². The number of halogens is 2. The van der Waals surface area contributed by atoms with Crippen LogP contribution in [-0.4, -0.2) is 15.6 Å². The molecule has 0 saturated heterocycles. The van der Waals surface area contributed by atoms with E-state index in [1.54, 1.807) is 6.07 Å². The maximum Gasteiger partial charge on any atom is 0.303 e. The molecular weight excluding hydrogens is 261 g/mol. The van der Waals surface area contributed by atoms with Crippen molar-refractivity contribution in [2.45, 2.75) is 19.4 Å². The summed E-state index contributed by atoms with van der Waals surface area (Å²) >= 11 is 12.0. The van der Waals surface area contributed by atoms with Gasteiger partial charge in [0, 0.05) is 29.6 Å². The fourth-order valence-corrected chi connectivity index (χ4v) is 2.36. The number of carboxylic acids is 1. The molecule has 0 spiro atoms. The van der Waals surface area contributed by atoms with E-state index in [0.29, 0.717) is 23.0 Å². The molecule has 0 radical (unpaired) electrons. The number of carbonyl (C=O) groups is 1. The third-order valence-electron chi connectivity index (χ3n) is 2.59. The minimum atomic E-state index is -0.780. The minimum absolute atomic E-state index is 0.161. The van der Waals surface area contributed by atoms with Crippen molar-refractivity contribution < 1.29 is 9.90 Å². The molecule has 1 heterocycles. The lowest BCUT2D eigenvalue weighted by Gasteiger charge is -2.05. The zero-order chi connectivity index (χ0) is 12.4. The van der Waals surface area contributed by atoms with Crippen LogP contribution in [0, 0.1) is 0 Å². The van der Waals surface area contributed by atoms with Gasteiger partial charge in [-0.3, -0.25) is 4.79 Å². The Morgan fingerprint density at radius 1 is 1.35 bits per heavy atom. The Balaban J connectivity index is 2.26. The SMILES string of the molecule is O=C(O)CCCn1ccc2c(Cl)cc(Cl)cc21. The zero-order valence-corrected chi connectivity index (χ0v) is 10.5. The maximum atomic E-state index is 10.4. The van der Waals surface area contributed by atoms with Crippen LogP contribution in [0.2, 0.25) is 10.0 Å². The Morgan fingerprint density at radius 3 is 2.82 bits per heavy atom. The number of benzene rings is 1. The molecule has 0 aliphatic carbocycles. The molecule has 1 N–H and O–H groups in total. The van der Waals surface area contributed by atoms with Crippen molar-refractivity contribution in [1.29, 1.82) is 0 Å². The molecule has 5 heteroatoms. The third kappa shape index (κ3) is 2.73. The van der Waals surface area contributed by atoms with Crippen molar-refractivity contribution in [2.24, 2.45) is 0 Å². The summed E-state index contributed by atoms with van der Waals surface area (Å²) in [7, 11) is 0. The average Bonchev–Trinajstić information content (AvgIpc) is 2.61. The first-order chi connectivity index (χ1) is 8.08. The Kier molecular flexibility index (Phi) is 3.60. The molecule has 0 aliphatic rings. The second-order valence-electron chi connectivity index (χ2n) is 3.83. The van der Waals surface area contributed by atoms with Crippen LogP contribution in [0.5, 0.6) is 0 Å². The fourth-order valence-electron chi connectivity index (χ4n) is 1.81. The Morgan fingerprint density at radius 2 is 2.12 bits per heavy atom. The second kappa shape index (κ2) is 4.98. The van der Waals surface area contributed by atoms with E-state index in [4.69, 9.17) is 28.3 Å². The van der Waals surface area contributed by atoms with Crippen molar-refractivity contribution in [3.63, 3.8) is 0 Å². The molecule has 2 aromatic rings. The lowest BCUT2D eigenvalue weighted by atomic mass is 10.2. The van der Waals surface area contributed by atoms with Gasteiger partial charge >= 0.3 is 5.97 Å². The number of rotatable bonds is 4. The lowest BCUT2D eigenvalue weighted by Crippen LogP contribution is -2.00. The van der Waals surface area contributed by atoms with E-state index in [0.717, 1.165) is 10.9 Å². The molecule has 2 rings (SSSR count). The molecule has 0 bridgehead atoms. The van der Waals surface area contributed by atoms with Gasteiger partial charge in [0.25, 0.3) is 0 Å². The van der Waals surface area contributed by atoms with E-state index in [1.165, 1.54) is 0 Å². The highest BCUT2D eigenvalue weighted by Crippen LogP contribution is 2.28. The molecule has 0 aliphatic heterocycles. The van der Waals surface area contributed by atoms with Crippen molar-refractivity contribution in [1.82, 2.24) is 4.57 Å². The molecule has 1 aromatic carbocycles. The van der Waals surface area contributed by atoms with Crippen LogP contribution in [0.3, 0.4) is 0 Å². The van der Waals surface area contributed by atoms with Gasteiger partial charge in [-0.2, -0.15) is 0 Å². The summed E-state index contributed by atoms with van der Waals surface area (Å²) in [5.74, 6) is -0.780. The summed E-state index contributed by atoms with van der Waals surface area (Å²) in [5, 5.41) is 10.7. The smallest absolute Gasteiger partial charge is 0.303 e. The van der Waals surface area contributed by atoms with Crippen LogP contribution in [0.1, 0.15) is 12.8 Å². The van der Waals surface area contributed by atoms with E-state index in [1.807, 2.05) is 22.9 Å². The van der Waals surface area contributed by atoms with Crippen LogP contribution in [-0.2, 0) is 11.3 Å². The number of fused-ring (bicyclic) bond motifs is 1. The third-order valence-corrected chi connectivity index (χ3v) is 3.12. The topological polar surface area (TPSA) is 42.2 Å². The lowest BCUT2D eigenvalue weighted by molar-refractivity contribution is -0.137. The van der Waals surface area contributed by atoms with E-state index in [9.17, 15) is 4.79 Å². The second-order valence-corrected chi connectivity index (χ2v) is 4.67. The van der Waals surface area contributed by atoms with Gasteiger partial charge in [-0.25, -0.2) is 0 Å². The maximum absolute atomic E-state index is 10.4. The van der Waals surface area contributed by atoms with E-state index in [-0.39, 0.29) is 6.42 Å². The molecule has 0 unspecified atom stereocenters. The van der Waals surface area contributed by atoms with Crippen molar-refractivity contribution in [3.05, 3.63) is 34.4 Å². The highest BCUT2D eigenvalue weighted by Gasteiger charge is 2.06. The molecule has 17 heavy (non-hydrogen) atoms. The number of aryl methyl sites for hydroxylation is 1. The molecule has 90 valence electrons. The van der Waals surface area contributed by atoms with Crippen LogP contribution in [0.25, 0.3) is 10.9 Å². The summed E-state index contributed by atoms with van der Waals surface area (Å²) < 4.78 is 1.97. The number of carboxylic acid groups (broad SMARTS) is 1. The fraction of sp³-hybridized carbons (Fsp3) is 0.250. The first kappa shape index (κ1) is 12.3. The summed E-state index contributed by atoms with van der Waals surface area (Å²) in [6.45, 7) is 0.645. The number of hydrogen-bond acceptors (Lipinski definition) is 1. The van der Waals surface area contributed by atoms with Gasteiger partial charge in [0.05, 0.1) is 10.5 Å². The molecular formula is C12H11Cl2NO2. The predicted molar refractivity (Wildman–Crippen MR) is 68.8 cm³/mol. The van der Waals surface area contributed by atoms with Crippen molar-refractivity contribution in [2.75, 3.05) is 0 Å². The van der Waals surface area contributed by atoms with Crippen LogP contribution in [0.15, 0.2) is 24.4 Å². The van der Waals surface area contributed by atoms with E-state index in [2.05, 4.69) is 0 Å². The Bertz CT molecular complexity index is 563. The van der Waals surface area contributed by atoms with Gasteiger partial charge in [-0.1, -0.05) is 23.2 Å². The summed E-state index contributed by atoms with van der Waals surface area (Å²) in [4.78, 5) is 10.4. The molecule has 0 atom stereocenters. The largest absolute Gasteiger partial charge is 0.481 e. The number of aromatic nitrogens is 1. The minimum Gasteiger partial charge on any atom is -0.481 e. The molecule has 0 saturated carbocycles. The molecule has 1 aromatic heterocycles. The first-order valence-electron chi connectivity index (χ1n) is 5.23. The average molecular weight is 272 g/mol. The first-order valence-corrected chi connectivity index (χ1v) is 5.99. The summed E-state index contributed by atoms with van der Waals surface area (Å²) in [6, 6.07) is 5.45. The monoisotopic (exact) mass is 271 g/mol. The van der Waals surface area contributed by atoms with E-state index < -0.39 is 5.97 Å². The Labute approximate surface area is 109 Å². The predicted octanol–water partition coefficient (Wildman–Crippen LogP) is 3.81. The van der Waals surface area contributed by atoms with Crippen molar-refractivity contribution in [3.8, 4) is 0 Å². The van der Waals surface area contributed by atoms with Crippen molar-refractivity contribution >= 4 is 40.1 Å². The molecule has 0 fully saturated rings. The quantitative estimate of drug-likeness (QED) is 0.919. The van der Waals surface area contributed by atoms with Gasteiger partial charge in [-0.15, -0.1) is 0 Å². The van der Waals surface area contributed by atoms with Crippen LogP contribution in [0.4, 0.5) is 0 Å². The number of hydrogen-bond donors (Lipinski definition) is 1. The number of aliphatic carboxylic acids is 1. The zero-order valence-electron chi connectivity index (χ0n) is 8.99. The van der Waals surface area contributed by atoms with Gasteiger partial charge in [0.1, 0.15) is 0 Å². The van der Waals surface area contributed by atoms with Gasteiger partial charge in [-0.05, 0) is 24.6 Å². The van der Waals surface area contributed by atoms with Gasteiger partial charge in [0.15, 0.2) is 0 Å². The van der Waals surface area contributed by atoms with Gasteiger partial charge in [0.2, 0.25) is 0 Å². The van der Waals surface area contributed by atoms with Crippen LogP contribution >= 0.6 is 23.2 Å². The molecule has 0 amide bonds. The summed E-state index contributed by atoms with van der Waals surface area (Å²) in [5.41, 5.74) is 0.938. The number of nitrogens with zero attached hydrogens (tertiary/aromatic N) is 1. The van der Waals surface area contributed by atoms with E-state index >= 15 is 0 Å². The normalized spacial score (nSPS) is 10.9. The summed E-state index contributed by atoms with van der Waals surface area (Å²) in [6.07, 6.45) is 2.64. The van der Waals surface area contributed by atoms with Crippen LogP contribution < -0.4 is 0 Å². The molecule has 3 nitrogen and oxygen atoms in total. The highest BCUT2D eigenvalue weighted by atomic mass is 35.5.